The Kier molecular flexibility index (Phi) is 2.77. The molecule has 1 aliphatic carbocycles. The highest BCUT2D eigenvalue weighted by Gasteiger charge is 2.39. The molecule has 1 aromatic heterocycles. The quantitative estimate of drug-likeness (QED) is 0.794. The van der Waals surface area contributed by atoms with Gasteiger partial charge >= 0.3 is 0 Å². The highest BCUT2D eigenvalue weighted by Crippen LogP contribution is 2.50. The number of nitrogens with one attached hydrogen (secondary N) is 1. The molecule has 0 radical (unpaired) electrons. The van der Waals surface area contributed by atoms with Crippen molar-refractivity contribution in [1.29, 1.82) is 0 Å². The molecule has 2 aromatic rings. The summed E-state index contributed by atoms with van der Waals surface area (Å²) in [7, 11) is 0. The number of hydrogen-bond acceptors (Lipinski definition) is 2. The molecule has 106 valence electrons. The van der Waals surface area contributed by atoms with Crippen LogP contribution in [-0.4, -0.2) is 4.98 Å². The summed E-state index contributed by atoms with van der Waals surface area (Å²) in [6, 6.07) is 6.29. The average molecular weight is 284 g/mol. The van der Waals surface area contributed by atoms with Crippen LogP contribution in [0.1, 0.15) is 29.5 Å². The number of fused-ring (bicyclic) bond motifs is 3. The summed E-state index contributed by atoms with van der Waals surface area (Å²) in [5.41, 5.74) is 2.22. The Morgan fingerprint density at radius 1 is 1.14 bits per heavy atom. The molecule has 0 bridgehead atoms. The lowest BCUT2D eigenvalue weighted by atomic mass is 9.77. The summed E-state index contributed by atoms with van der Waals surface area (Å²) in [6.45, 7) is 0. The third-order valence-corrected chi connectivity index (χ3v) is 4.45. The number of pyridine rings is 1. The maximum Gasteiger partial charge on any atom is 0.149 e. The second-order valence-corrected chi connectivity index (χ2v) is 5.61. The lowest BCUT2D eigenvalue weighted by Crippen LogP contribution is -2.29. The van der Waals surface area contributed by atoms with Crippen molar-refractivity contribution in [3.63, 3.8) is 0 Å². The van der Waals surface area contributed by atoms with Gasteiger partial charge in [-0.3, -0.25) is 4.98 Å². The zero-order chi connectivity index (χ0) is 14.4. The molecule has 21 heavy (non-hydrogen) atoms. The standard InChI is InChI=1S/C17H14F2N2/c18-11-8-14-12-2-1-3-13(12)16(10-4-6-20-7-5-10)21-17(14)15(19)9-11/h1-2,4-9,12-13,16,21H,3H2/t12-,13-,16+/m1/s1. The summed E-state index contributed by atoms with van der Waals surface area (Å²) < 4.78 is 27.7. The molecule has 0 spiro atoms. The smallest absolute Gasteiger partial charge is 0.149 e. The van der Waals surface area contributed by atoms with Gasteiger partial charge < -0.3 is 5.32 Å². The number of halogens is 2. The first-order chi connectivity index (χ1) is 10.2. The Hall–Kier alpha value is -2.23. The first kappa shape index (κ1) is 12.5. The predicted molar refractivity (Wildman–Crippen MR) is 76.9 cm³/mol. The van der Waals surface area contributed by atoms with Gasteiger partial charge in [0.15, 0.2) is 0 Å². The number of allylic oxidation sites excluding steroid dienone is 2. The van der Waals surface area contributed by atoms with E-state index in [0.717, 1.165) is 23.6 Å². The number of nitrogens with zero attached hydrogens (tertiary/aromatic N) is 1. The van der Waals surface area contributed by atoms with E-state index in [0.29, 0.717) is 5.69 Å². The van der Waals surface area contributed by atoms with Gasteiger partial charge in [0, 0.05) is 24.4 Å². The van der Waals surface area contributed by atoms with Crippen molar-refractivity contribution >= 4 is 5.69 Å². The van der Waals surface area contributed by atoms with Crippen molar-refractivity contribution in [2.45, 2.75) is 18.4 Å². The predicted octanol–water partition coefficient (Wildman–Crippen LogP) is 4.19. The van der Waals surface area contributed by atoms with Gasteiger partial charge in [0.25, 0.3) is 0 Å². The molecule has 1 N–H and O–H groups in total. The minimum absolute atomic E-state index is 0.0143. The van der Waals surface area contributed by atoms with Crippen LogP contribution in [-0.2, 0) is 0 Å². The van der Waals surface area contributed by atoms with Crippen LogP contribution >= 0.6 is 0 Å². The maximum absolute atomic E-state index is 14.1. The Morgan fingerprint density at radius 3 is 2.76 bits per heavy atom. The van der Waals surface area contributed by atoms with Crippen molar-refractivity contribution in [3.05, 3.63) is 71.6 Å². The monoisotopic (exact) mass is 284 g/mol. The molecule has 4 heteroatoms. The van der Waals surface area contributed by atoms with E-state index in [-0.39, 0.29) is 17.9 Å². The first-order valence-electron chi connectivity index (χ1n) is 7.06. The summed E-state index contributed by atoms with van der Waals surface area (Å²) >= 11 is 0. The molecule has 0 saturated heterocycles. The highest BCUT2D eigenvalue weighted by molar-refractivity contribution is 5.60. The van der Waals surface area contributed by atoms with Crippen LogP contribution in [0.3, 0.4) is 0 Å². The van der Waals surface area contributed by atoms with Crippen LogP contribution in [0.25, 0.3) is 0 Å². The molecule has 0 unspecified atom stereocenters. The van der Waals surface area contributed by atoms with Gasteiger partial charge in [-0.05, 0) is 41.7 Å². The molecule has 2 aliphatic rings. The summed E-state index contributed by atoms with van der Waals surface area (Å²) in [5.74, 6) is -0.706. The van der Waals surface area contributed by atoms with Crippen LogP contribution in [0, 0.1) is 17.6 Å². The second kappa shape index (κ2) is 4.65. The summed E-state index contributed by atoms with van der Waals surface area (Å²) in [6.07, 6.45) is 8.55. The van der Waals surface area contributed by atoms with E-state index in [4.69, 9.17) is 0 Å². The van der Waals surface area contributed by atoms with Crippen LogP contribution in [0.5, 0.6) is 0 Å². The highest BCUT2D eigenvalue weighted by atomic mass is 19.1. The topological polar surface area (TPSA) is 24.9 Å². The number of aromatic nitrogens is 1. The zero-order valence-electron chi connectivity index (χ0n) is 11.3. The Balaban J connectivity index is 1.84. The van der Waals surface area contributed by atoms with Gasteiger partial charge in [0.05, 0.1) is 11.7 Å². The number of benzene rings is 1. The van der Waals surface area contributed by atoms with Crippen LogP contribution in [0.4, 0.5) is 14.5 Å². The molecular weight excluding hydrogens is 270 g/mol. The molecule has 2 nitrogen and oxygen atoms in total. The lowest BCUT2D eigenvalue weighted by molar-refractivity contribution is 0.418. The molecule has 1 aromatic carbocycles. The van der Waals surface area contributed by atoms with Gasteiger partial charge in [-0.25, -0.2) is 8.78 Å². The van der Waals surface area contributed by atoms with Gasteiger partial charge in [0.1, 0.15) is 11.6 Å². The third-order valence-electron chi connectivity index (χ3n) is 4.45. The molecule has 1 aliphatic heterocycles. The van der Waals surface area contributed by atoms with Crippen molar-refractivity contribution in [3.8, 4) is 0 Å². The Bertz CT molecular complexity index is 712. The SMILES string of the molecule is Fc1cc(F)c2c(c1)[C@@H]1C=CC[C@H]1[C@H](c1ccncc1)N2. The fourth-order valence-electron chi connectivity index (χ4n) is 3.52. The van der Waals surface area contributed by atoms with Crippen LogP contribution in [0.15, 0.2) is 48.8 Å². The van der Waals surface area contributed by atoms with Crippen LogP contribution in [0.2, 0.25) is 0 Å². The van der Waals surface area contributed by atoms with E-state index in [2.05, 4.69) is 22.5 Å². The number of anilines is 1. The van der Waals surface area contributed by atoms with Gasteiger partial charge in [0.2, 0.25) is 0 Å². The summed E-state index contributed by atoms with van der Waals surface area (Å²) in [5, 5.41) is 3.27. The molecule has 0 saturated carbocycles. The van der Waals surface area contributed by atoms with Gasteiger partial charge in [-0.2, -0.15) is 0 Å². The van der Waals surface area contributed by atoms with E-state index in [9.17, 15) is 8.78 Å². The van der Waals surface area contributed by atoms with Crippen molar-refractivity contribution in [2.24, 2.45) is 5.92 Å². The minimum Gasteiger partial charge on any atom is -0.375 e. The lowest BCUT2D eigenvalue weighted by Gasteiger charge is -2.37. The van der Waals surface area contributed by atoms with Crippen molar-refractivity contribution in [1.82, 2.24) is 4.98 Å². The van der Waals surface area contributed by atoms with Crippen molar-refractivity contribution < 1.29 is 8.78 Å². The average Bonchev–Trinajstić information content (AvgIpc) is 2.97. The van der Waals surface area contributed by atoms with E-state index in [1.807, 2.05) is 12.1 Å². The van der Waals surface area contributed by atoms with Gasteiger partial charge in [-0.15, -0.1) is 0 Å². The zero-order valence-corrected chi connectivity index (χ0v) is 11.3. The summed E-state index contributed by atoms with van der Waals surface area (Å²) in [4.78, 5) is 4.03. The Labute approximate surface area is 121 Å². The maximum atomic E-state index is 14.1. The fraction of sp³-hybridized carbons (Fsp3) is 0.235. The fourth-order valence-corrected chi connectivity index (χ4v) is 3.52. The largest absolute Gasteiger partial charge is 0.375 e. The minimum atomic E-state index is -0.525. The Morgan fingerprint density at radius 2 is 1.95 bits per heavy atom. The van der Waals surface area contributed by atoms with E-state index in [1.54, 1.807) is 12.4 Å². The molecule has 4 rings (SSSR count). The molecular formula is C17H14F2N2. The third kappa shape index (κ3) is 1.94. The molecule has 2 heterocycles. The normalized spacial score (nSPS) is 26.1. The van der Waals surface area contributed by atoms with E-state index >= 15 is 0 Å². The van der Waals surface area contributed by atoms with Gasteiger partial charge in [-0.1, -0.05) is 12.2 Å². The number of rotatable bonds is 1. The van der Waals surface area contributed by atoms with Crippen LogP contribution < -0.4 is 5.32 Å². The van der Waals surface area contributed by atoms with E-state index < -0.39 is 11.6 Å². The van der Waals surface area contributed by atoms with E-state index in [1.165, 1.54) is 6.07 Å². The second-order valence-electron chi connectivity index (χ2n) is 5.61. The molecule has 0 amide bonds. The molecule has 3 atom stereocenters. The first-order valence-corrected chi connectivity index (χ1v) is 7.06. The molecule has 0 fully saturated rings. The van der Waals surface area contributed by atoms with Crippen molar-refractivity contribution in [2.75, 3.05) is 5.32 Å². The number of hydrogen-bond donors (Lipinski definition) is 1.